The van der Waals surface area contributed by atoms with Crippen LogP contribution in [0.5, 0.6) is 0 Å². The molecule has 1 heterocycles. The lowest BCUT2D eigenvalue weighted by Crippen LogP contribution is -1.99. The molecule has 0 aliphatic rings. The fraction of sp³-hybridized carbons (Fsp3) is 0.0909. The van der Waals surface area contributed by atoms with E-state index in [1.54, 1.807) is 6.07 Å². The highest BCUT2D eigenvalue weighted by molar-refractivity contribution is 6.03. The minimum absolute atomic E-state index is 0.230. The topological polar surface area (TPSA) is 55.1 Å². The van der Waals surface area contributed by atoms with Gasteiger partial charge in [0, 0.05) is 7.05 Å². The summed E-state index contributed by atoms with van der Waals surface area (Å²) >= 11 is 0. The van der Waals surface area contributed by atoms with Crippen molar-refractivity contribution in [2.75, 3.05) is 0 Å². The Morgan fingerprint density at radius 3 is 2.08 bits per heavy atom. The standard InChI is InChI=1S/C22H18N2O2/c1-14-23-21-19(22(25)26)12-18(13-20(21)24(14)2)17-10-8-16(9-11-17)15-6-4-3-5-7-15/h3-13H,1-2H3,(H,25,26). The zero-order chi connectivity index (χ0) is 18.3. The zero-order valence-corrected chi connectivity index (χ0v) is 14.6. The van der Waals surface area contributed by atoms with Crippen molar-refractivity contribution < 1.29 is 9.90 Å². The third-order valence-electron chi connectivity index (χ3n) is 4.77. The molecule has 4 rings (SSSR count). The van der Waals surface area contributed by atoms with Crippen LogP contribution in [0.1, 0.15) is 16.2 Å². The Hall–Kier alpha value is -3.40. The maximum atomic E-state index is 11.7. The van der Waals surface area contributed by atoms with Gasteiger partial charge in [0.15, 0.2) is 0 Å². The zero-order valence-electron chi connectivity index (χ0n) is 14.6. The number of carboxylic acid groups (broad SMARTS) is 1. The van der Waals surface area contributed by atoms with Crippen LogP contribution >= 0.6 is 0 Å². The fourth-order valence-electron chi connectivity index (χ4n) is 3.22. The number of benzene rings is 3. The van der Waals surface area contributed by atoms with Gasteiger partial charge in [0.1, 0.15) is 11.3 Å². The molecule has 1 aromatic heterocycles. The molecule has 1 N–H and O–H groups in total. The quantitative estimate of drug-likeness (QED) is 0.575. The van der Waals surface area contributed by atoms with Gasteiger partial charge < -0.3 is 9.67 Å². The second-order valence-corrected chi connectivity index (χ2v) is 6.36. The summed E-state index contributed by atoms with van der Waals surface area (Å²) in [5, 5.41) is 9.60. The number of fused-ring (bicyclic) bond motifs is 1. The van der Waals surface area contributed by atoms with Crippen molar-refractivity contribution in [1.82, 2.24) is 9.55 Å². The van der Waals surface area contributed by atoms with Gasteiger partial charge in [-0.05, 0) is 41.3 Å². The molecule has 0 atom stereocenters. The van der Waals surface area contributed by atoms with Crippen LogP contribution in [0, 0.1) is 6.92 Å². The number of aromatic nitrogens is 2. The van der Waals surface area contributed by atoms with Crippen molar-refractivity contribution in [3.63, 3.8) is 0 Å². The Bertz CT molecular complexity index is 1110. The number of hydrogen-bond acceptors (Lipinski definition) is 2. The van der Waals surface area contributed by atoms with E-state index in [4.69, 9.17) is 0 Å². The predicted molar refractivity (Wildman–Crippen MR) is 103 cm³/mol. The van der Waals surface area contributed by atoms with Gasteiger partial charge in [-0.3, -0.25) is 0 Å². The molecule has 0 unspecified atom stereocenters. The highest BCUT2D eigenvalue weighted by atomic mass is 16.4. The molecule has 0 amide bonds. The van der Waals surface area contributed by atoms with Gasteiger partial charge in [-0.15, -0.1) is 0 Å². The van der Waals surface area contributed by atoms with E-state index in [0.717, 1.165) is 33.6 Å². The van der Waals surface area contributed by atoms with E-state index >= 15 is 0 Å². The van der Waals surface area contributed by atoms with E-state index in [1.807, 2.05) is 54.9 Å². The molecule has 0 saturated carbocycles. The number of carboxylic acids is 1. The summed E-state index contributed by atoms with van der Waals surface area (Å²) in [6, 6.07) is 22.0. The van der Waals surface area contributed by atoms with Crippen molar-refractivity contribution in [3.8, 4) is 22.3 Å². The lowest BCUT2D eigenvalue weighted by molar-refractivity contribution is 0.0699. The average Bonchev–Trinajstić information content (AvgIpc) is 2.96. The second-order valence-electron chi connectivity index (χ2n) is 6.36. The Kier molecular flexibility index (Phi) is 3.81. The molecular weight excluding hydrogens is 324 g/mol. The van der Waals surface area contributed by atoms with Gasteiger partial charge in [-0.1, -0.05) is 54.6 Å². The van der Waals surface area contributed by atoms with Crippen molar-refractivity contribution >= 4 is 17.0 Å². The summed E-state index contributed by atoms with van der Waals surface area (Å²) in [6.45, 7) is 1.87. The molecule has 3 aromatic carbocycles. The summed E-state index contributed by atoms with van der Waals surface area (Å²) in [4.78, 5) is 16.1. The third kappa shape index (κ3) is 2.65. The van der Waals surface area contributed by atoms with E-state index in [-0.39, 0.29) is 5.56 Å². The number of carbonyl (C=O) groups is 1. The smallest absolute Gasteiger partial charge is 0.337 e. The minimum Gasteiger partial charge on any atom is -0.478 e. The average molecular weight is 342 g/mol. The number of aryl methyl sites for hydroxylation is 2. The van der Waals surface area contributed by atoms with Crippen LogP contribution in [-0.4, -0.2) is 20.6 Å². The maximum absolute atomic E-state index is 11.7. The first-order chi connectivity index (χ1) is 12.5. The number of hydrogen-bond donors (Lipinski definition) is 1. The van der Waals surface area contributed by atoms with E-state index in [1.165, 1.54) is 0 Å². The lowest BCUT2D eigenvalue weighted by Gasteiger charge is -2.08. The summed E-state index contributed by atoms with van der Waals surface area (Å²) in [7, 11) is 1.90. The van der Waals surface area contributed by atoms with E-state index in [2.05, 4.69) is 29.2 Å². The van der Waals surface area contributed by atoms with Gasteiger partial charge in [0.05, 0.1) is 11.1 Å². The molecule has 0 saturated heterocycles. The number of imidazole rings is 1. The number of aromatic carboxylic acids is 1. The fourth-order valence-corrected chi connectivity index (χ4v) is 3.22. The van der Waals surface area contributed by atoms with Crippen molar-refractivity contribution in [2.45, 2.75) is 6.92 Å². The van der Waals surface area contributed by atoms with Crippen LogP contribution in [0.25, 0.3) is 33.3 Å². The van der Waals surface area contributed by atoms with Gasteiger partial charge in [-0.25, -0.2) is 9.78 Å². The maximum Gasteiger partial charge on any atom is 0.337 e. The first-order valence-electron chi connectivity index (χ1n) is 8.41. The number of rotatable bonds is 3. The van der Waals surface area contributed by atoms with Gasteiger partial charge in [0.25, 0.3) is 0 Å². The van der Waals surface area contributed by atoms with Crippen LogP contribution < -0.4 is 0 Å². The normalized spacial score (nSPS) is 11.0. The first-order valence-corrected chi connectivity index (χ1v) is 8.41. The molecule has 26 heavy (non-hydrogen) atoms. The molecule has 0 radical (unpaired) electrons. The molecule has 0 aliphatic heterocycles. The second kappa shape index (κ2) is 6.15. The van der Waals surface area contributed by atoms with Crippen molar-refractivity contribution in [3.05, 3.63) is 78.1 Å². The summed E-state index contributed by atoms with van der Waals surface area (Å²) < 4.78 is 1.92. The summed E-state index contributed by atoms with van der Waals surface area (Å²) in [6.07, 6.45) is 0. The SMILES string of the molecule is Cc1nc2c(C(=O)O)cc(-c3ccc(-c4ccccc4)cc3)cc2n1C. The molecule has 4 nitrogen and oxygen atoms in total. The molecule has 128 valence electrons. The lowest BCUT2D eigenvalue weighted by atomic mass is 9.98. The largest absolute Gasteiger partial charge is 0.478 e. The highest BCUT2D eigenvalue weighted by Crippen LogP contribution is 2.30. The predicted octanol–water partition coefficient (Wildman–Crippen LogP) is 4.91. The van der Waals surface area contributed by atoms with E-state index in [9.17, 15) is 9.90 Å². The monoisotopic (exact) mass is 342 g/mol. The minimum atomic E-state index is -0.962. The van der Waals surface area contributed by atoms with Gasteiger partial charge in [0.2, 0.25) is 0 Å². The molecule has 0 fully saturated rings. The van der Waals surface area contributed by atoms with E-state index in [0.29, 0.717) is 5.52 Å². The molecular formula is C22H18N2O2. The van der Waals surface area contributed by atoms with Crippen LogP contribution in [0.2, 0.25) is 0 Å². The molecule has 0 aliphatic carbocycles. The Labute approximate surface area is 151 Å². The summed E-state index contributed by atoms with van der Waals surface area (Å²) in [5.74, 6) is -0.171. The number of nitrogens with zero attached hydrogens (tertiary/aromatic N) is 2. The Morgan fingerprint density at radius 2 is 1.46 bits per heavy atom. The highest BCUT2D eigenvalue weighted by Gasteiger charge is 2.16. The molecule has 0 bridgehead atoms. The van der Waals surface area contributed by atoms with Crippen LogP contribution in [-0.2, 0) is 7.05 Å². The van der Waals surface area contributed by atoms with Gasteiger partial charge >= 0.3 is 5.97 Å². The summed E-state index contributed by atoms with van der Waals surface area (Å²) in [5.41, 5.74) is 5.72. The van der Waals surface area contributed by atoms with Crippen molar-refractivity contribution in [2.24, 2.45) is 7.05 Å². The Balaban J connectivity index is 1.84. The van der Waals surface area contributed by atoms with Crippen LogP contribution in [0.15, 0.2) is 66.7 Å². The van der Waals surface area contributed by atoms with Crippen LogP contribution in [0.4, 0.5) is 0 Å². The molecule has 4 heteroatoms. The van der Waals surface area contributed by atoms with Gasteiger partial charge in [-0.2, -0.15) is 0 Å². The Morgan fingerprint density at radius 1 is 0.885 bits per heavy atom. The van der Waals surface area contributed by atoms with Crippen LogP contribution in [0.3, 0.4) is 0 Å². The molecule has 4 aromatic rings. The van der Waals surface area contributed by atoms with Crippen molar-refractivity contribution in [1.29, 1.82) is 0 Å². The van der Waals surface area contributed by atoms with E-state index < -0.39 is 5.97 Å². The third-order valence-corrected chi connectivity index (χ3v) is 4.77. The first kappa shape index (κ1) is 16.1. The molecule has 0 spiro atoms.